The highest BCUT2D eigenvalue weighted by Gasteiger charge is 2.43. The number of aliphatic hydroxyl groups is 4. The molecule has 2 rings (SSSR count). The van der Waals surface area contributed by atoms with Crippen LogP contribution in [0.15, 0.2) is 24.3 Å². The number of rotatable bonds is 7. The zero-order chi connectivity index (χ0) is 18.4. The van der Waals surface area contributed by atoms with Crippen molar-refractivity contribution >= 4 is 5.91 Å². The van der Waals surface area contributed by atoms with Crippen molar-refractivity contribution in [2.45, 2.75) is 49.9 Å². The van der Waals surface area contributed by atoms with Crippen molar-refractivity contribution < 1.29 is 34.7 Å². The number of nitrogens with one attached hydrogen (secondary N) is 1. The number of aliphatic hydroxyl groups excluding tert-OH is 4. The lowest BCUT2D eigenvalue weighted by molar-refractivity contribution is -0.236. The Kier molecular flexibility index (Phi) is 7.15. The largest absolute Gasteiger partial charge is 0.497 e. The molecule has 1 aliphatic rings. The summed E-state index contributed by atoms with van der Waals surface area (Å²) < 4.78 is 10.3. The van der Waals surface area contributed by atoms with E-state index in [0.717, 1.165) is 11.3 Å². The van der Waals surface area contributed by atoms with Crippen LogP contribution < -0.4 is 10.1 Å². The molecule has 140 valence electrons. The Hall–Kier alpha value is -1.71. The van der Waals surface area contributed by atoms with Gasteiger partial charge in [-0.25, -0.2) is 0 Å². The van der Waals surface area contributed by atoms with Gasteiger partial charge in [-0.2, -0.15) is 0 Å². The number of amides is 1. The minimum absolute atomic E-state index is 0.209. The molecule has 1 fully saturated rings. The number of aryl methyl sites for hydroxylation is 1. The van der Waals surface area contributed by atoms with Crippen LogP contribution in [0.4, 0.5) is 0 Å². The number of carbonyl (C=O) groups excluding carboxylic acids is 1. The van der Waals surface area contributed by atoms with E-state index in [-0.39, 0.29) is 12.3 Å². The SMILES string of the molecule is COc1ccc(CCCC(=O)N[C@@H]2O[C@H](CO)[C@H](O)[C@H](O)[C@H]2O)cc1. The van der Waals surface area contributed by atoms with Crippen molar-refractivity contribution in [1.29, 1.82) is 0 Å². The zero-order valence-electron chi connectivity index (χ0n) is 14.0. The van der Waals surface area contributed by atoms with Crippen LogP contribution >= 0.6 is 0 Å². The van der Waals surface area contributed by atoms with Gasteiger partial charge in [0.2, 0.25) is 5.91 Å². The van der Waals surface area contributed by atoms with Gasteiger partial charge in [-0.3, -0.25) is 4.79 Å². The summed E-state index contributed by atoms with van der Waals surface area (Å²) in [6.45, 7) is -0.533. The van der Waals surface area contributed by atoms with E-state index >= 15 is 0 Å². The van der Waals surface area contributed by atoms with E-state index in [1.807, 2.05) is 24.3 Å². The first kappa shape index (κ1) is 19.6. The Bertz CT molecular complexity index is 548. The van der Waals surface area contributed by atoms with Crippen LogP contribution in [-0.2, 0) is 16.0 Å². The highest BCUT2D eigenvalue weighted by atomic mass is 16.6. The molecule has 0 spiro atoms. The highest BCUT2D eigenvalue weighted by Crippen LogP contribution is 2.20. The molecular weight excluding hydrogens is 330 g/mol. The van der Waals surface area contributed by atoms with E-state index in [4.69, 9.17) is 14.6 Å². The van der Waals surface area contributed by atoms with E-state index in [2.05, 4.69) is 5.32 Å². The second kappa shape index (κ2) is 9.12. The van der Waals surface area contributed by atoms with E-state index < -0.39 is 37.3 Å². The maximum absolute atomic E-state index is 12.0. The second-order valence-corrected chi connectivity index (χ2v) is 6.02. The molecule has 0 bridgehead atoms. The molecule has 5 N–H and O–H groups in total. The average molecular weight is 355 g/mol. The van der Waals surface area contributed by atoms with Gasteiger partial charge in [0.05, 0.1) is 13.7 Å². The number of hydrogen-bond acceptors (Lipinski definition) is 7. The summed E-state index contributed by atoms with van der Waals surface area (Å²) >= 11 is 0. The number of benzene rings is 1. The van der Waals surface area contributed by atoms with Crippen LogP contribution in [-0.4, -0.2) is 70.7 Å². The fourth-order valence-corrected chi connectivity index (χ4v) is 2.70. The molecule has 1 aromatic rings. The molecule has 25 heavy (non-hydrogen) atoms. The van der Waals surface area contributed by atoms with Crippen LogP contribution in [0.1, 0.15) is 18.4 Å². The molecule has 8 heteroatoms. The van der Waals surface area contributed by atoms with E-state index in [1.165, 1.54) is 0 Å². The molecule has 0 saturated carbocycles. The summed E-state index contributed by atoms with van der Waals surface area (Å²) in [5.41, 5.74) is 1.07. The summed E-state index contributed by atoms with van der Waals surface area (Å²) in [5, 5.41) is 40.9. The molecule has 0 radical (unpaired) electrons. The second-order valence-electron chi connectivity index (χ2n) is 6.02. The van der Waals surface area contributed by atoms with Gasteiger partial charge in [0.1, 0.15) is 30.2 Å². The van der Waals surface area contributed by atoms with Gasteiger partial charge in [0.15, 0.2) is 6.23 Å². The fourth-order valence-electron chi connectivity index (χ4n) is 2.70. The Morgan fingerprint density at radius 3 is 2.44 bits per heavy atom. The first-order valence-corrected chi connectivity index (χ1v) is 8.19. The van der Waals surface area contributed by atoms with Crippen LogP contribution in [0.3, 0.4) is 0 Å². The minimum atomic E-state index is -1.50. The summed E-state index contributed by atoms with van der Waals surface area (Å²) in [7, 11) is 1.60. The molecule has 1 amide bonds. The topological polar surface area (TPSA) is 128 Å². The summed E-state index contributed by atoms with van der Waals surface area (Å²) in [6, 6.07) is 7.55. The predicted octanol–water partition coefficient (Wildman–Crippen LogP) is -1.07. The number of hydrogen-bond donors (Lipinski definition) is 5. The Labute approximate surface area is 146 Å². The monoisotopic (exact) mass is 355 g/mol. The average Bonchev–Trinajstić information content (AvgIpc) is 2.62. The smallest absolute Gasteiger partial charge is 0.222 e. The molecule has 1 saturated heterocycles. The quantitative estimate of drug-likeness (QED) is 0.421. The molecule has 8 nitrogen and oxygen atoms in total. The van der Waals surface area contributed by atoms with Gasteiger partial charge in [0.25, 0.3) is 0 Å². The van der Waals surface area contributed by atoms with Crippen LogP contribution in [0.5, 0.6) is 5.75 Å². The molecule has 1 heterocycles. The van der Waals surface area contributed by atoms with Gasteiger partial charge in [-0.15, -0.1) is 0 Å². The Morgan fingerprint density at radius 1 is 1.16 bits per heavy atom. The first-order valence-electron chi connectivity index (χ1n) is 8.19. The lowest BCUT2D eigenvalue weighted by atomic mass is 9.98. The van der Waals surface area contributed by atoms with Crippen molar-refractivity contribution in [3.8, 4) is 5.75 Å². The molecule has 5 atom stereocenters. The Balaban J connectivity index is 1.78. The van der Waals surface area contributed by atoms with Gasteiger partial charge in [-0.05, 0) is 30.5 Å². The molecule has 1 aliphatic heterocycles. The molecule has 0 aromatic heterocycles. The van der Waals surface area contributed by atoms with E-state index in [0.29, 0.717) is 12.8 Å². The molecule has 0 aliphatic carbocycles. The van der Waals surface area contributed by atoms with Crippen molar-refractivity contribution in [2.24, 2.45) is 0 Å². The third-order valence-electron chi connectivity index (χ3n) is 4.22. The Morgan fingerprint density at radius 2 is 1.84 bits per heavy atom. The molecule has 1 aromatic carbocycles. The van der Waals surface area contributed by atoms with Crippen LogP contribution in [0, 0.1) is 0 Å². The fraction of sp³-hybridized carbons (Fsp3) is 0.588. The lowest BCUT2D eigenvalue weighted by Crippen LogP contribution is -2.63. The maximum Gasteiger partial charge on any atom is 0.222 e. The maximum atomic E-state index is 12.0. The number of methoxy groups -OCH3 is 1. The summed E-state index contributed by atoms with van der Waals surface area (Å²) in [4.78, 5) is 12.0. The predicted molar refractivity (Wildman–Crippen MR) is 87.8 cm³/mol. The summed E-state index contributed by atoms with van der Waals surface area (Å²) in [6.07, 6.45) is -5.13. The van der Waals surface area contributed by atoms with Gasteiger partial charge in [-0.1, -0.05) is 12.1 Å². The van der Waals surface area contributed by atoms with E-state index in [9.17, 15) is 20.1 Å². The van der Waals surface area contributed by atoms with Crippen LogP contribution in [0.25, 0.3) is 0 Å². The lowest BCUT2D eigenvalue weighted by Gasteiger charge is -2.40. The number of ether oxygens (including phenoxy) is 2. The zero-order valence-corrected chi connectivity index (χ0v) is 14.0. The first-order chi connectivity index (χ1) is 12.0. The molecular formula is C17H25NO7. The van der Waals surface area contributed by atoms with Gasteiger partial charge >= 0.3 is 0 Å². The van der Waals surface area contributed by atoms with Gasteiger partial charge in [0, 0.05) is 6.42 Å². The van der Waals surface area contributed by atoms with Crippen molar-refractivity contribution in [1.82, 2.24) is 5.32 Å². The third-order valence-corrected chi connectivity index (χ3v) is 4.22. The van der Waals surface area contributed by atoms with E-state index in [1.54, 1.807) is 7.11 Å². The van der Waals surface area contributed by atoms with Gasteiger partial charge < -0.3 is 35.2 Å². The highest BCUT2D eigenvalue weighted by molar-refractivity contribution is 5.76. The normalized spacial score (nSPS) is 29.2. The van der Waals surface area contributed by atoms with Crippen molar-refractivity contribution in [2.75, 3.05) is 13.7 Å². The number of carbonyl (C=O) groups is 1. The third kappa shape index (κ3) is 5.13. The standard InChI is InChI=1S/C17H25NO7/c1-24-11-7-5-10(6-8-11)3-2-4-13(20)18-17-16(23)15(22)14(21)12(9-19)25-17/h5-8,12,14-17,19,21-23H,2-4,9H2,1H3,(H,18,20)/t12-,14+,15+,16-,17-/m1/s1. The van der Waals surface area contributed by atoms with Crippen molar-refractivity contribution in [3.63, 3.8) is 0 Å². The van der Waals surface area contributed by atoms with Crippen molar-refractivity contribution in [3.05, 3.63) is 29.8 Å². The summed E-state index contributed by atoms with van der Waals surface area (Å²) in [5.74, 6) is 0.418. The van der Waals surface area contributed by atoms with Crippen LogP contribution in [0.2, 0.25) is 0 Å². The molecule has 0 unspecified atom stereocenters. The minimum Gasteiger partial charge on any atom is -0.497 e.